The number of rotatable bonds is 10. The van der Waals surface area contributed by atoms with Gasteiger partial charge in [-0.1, -0.05) is 31.2 Å². The van der Waals surface area contributed by atoms with E-state index in [-0.39, 0.29) is 30.2 Å². The zero-order valence-electron chi connectivity index (χ0n) is 21.6. The SMILES string of the molecule is Cc1nc(C(OC(=O)N(C(C)C)C(C)C)c2ccc(F)c(Cl)c2F)n(COCC[Si](C)(C)C)c1I. The normalized spacial score (nSPS) is 13.0. The molecule has 1 heterocycles. The molecule has 0 fully saturated rings. The van der Waals surface area contributed by atoms with Crippen LogP contribution in [0.3, 0.4) is 0 Å². The van der Waals surface area contributed by atoms with E-state index in [1.165, 1.54) is 6.07 Å². The third-order valence-electron chi connectivity index (χ3n) is 5.44. The van der Waals surface area contributed by atoms with E-state index in [0.29, 0.717) is 12.3 Å². The van der Waals surface area contributed by atoms with E-state index in [9.17, 15) is 9.18 Å². The summed E-state index contributed by atoms with van der Waals surface area (Å²) in [5, 5.41) is -0.663. The number of benzene rings is 1. The number of imidazole rings is 1. The van der Waals surface area contributed by atoms with Crippen molar-refractivity contribution in [2.75, 3.05) is 6.61 Å². The van der Waals surface area contributed by atoms with Gasteiger partial charge in [0.1, 0.15) is 21.3 Å². The summed E-state index contributed by atoms with van der Waals surface area (Å²) in [5.74, 6) is -1.61. The van der Waals surface area contributed by atoms with Crippen molar-refractivity contribution >= 4 is 48.4 Å². The Morgan fingerprint density at radius 3 is 2.34 bits per heavy atom. The van der Waals surface area contributed by atoms with Gasteiger partial charge in [-0.05, 0) is 75.4 Å². The third kappa shape index (κ3) is 7.62. The lowest BCUT2D eigenvalue weighted by atomic mass is 10.1. The Morgan fingerprint density at radius 2 is 1.80 bits per heavy atom. The Labute approximate surface area is 226 Å². The summed E-state index contributed by atoms with van der Waals surface area (Å²) in [6, 6.07) is 2.95. The molecule has 0 aliphatic rings. The fourth-order valence-electron chi connectivity index (χ4n) is 3.61. The molecule has 1 aromatic heterocycles. The second-order valence-electron chi connectivity index (χ2n) is 10.2. The third-order valence-corrected chi connectivity index (χ3v) is 8.85. The van der Waals surface area contributed by atoms with E-state index in [0.717, 1.165) is 15.8 Å². The first kappa shape index (κ1) is 30.0. The predicted octanol–water partition coefficient (Wildman–Crippen LogP) is 7.38. The number of halogens is 4. The van der Waals surface area contributed by atoms with Crippen molar-refractivity contribution in [3.63, 3.8) is 0 Å². The number of amides is 1. The minimum atomic E-state index is -1.29. The maximum absolute atomic E-state index is 15.2. The van der Waals surface area contributed by atoms with Crippen molar-refractivity contribution < 1.29 is 23.0 Å². The molecule has 1 unspecified atom stereocenters. The van der Waals surface area contributed by atoms with E-state index in [4.69, 9.17) is 21.1 Å². The minimum Gasteiger partial charge on any atom is -0.433 e. The van der Waals surface area contributed by atoms with Crippen LogP contribution >= 0.6 is 34.2 Å². The molecule has 1 amide bonds. The van der Waals surface area contributed by atoms with Crippen LogP contribution in [0.5, 0.6) is 0 Å². The van der Waals surface area contributed by atoms with E-state index < -0.39 is 36.9 Å². The smallest absolute Gasteiger partial charge is 0.411 e. The fraction of sp³-hybridized carbons (Fsp3) is 0.583. The monoisotopic (exact) mass is 641 g/mol. The largest absolute Gasteiger partial charge is 0.433 e. The number of hydrogen-bond donors (Lipinski definition) is 0. The number of hydrogen-bond acceptors (Lipinski definition) is 4. The molecular weight excluding hydrogens is 607 g/mol. The first-order valence-electron chi connectivity index (χ1n) is 11.6. The van der Waals surface area contributed by atoms with Crippen LogP contribution < -0.4 is 0 Å². The van der Waals surface area contributed by atoms with Crippen LogP contribution in [0.2, 0.25) is 30.7 Å². The Bertz CT molecular complexity index is 1040. The molecule has 2 aromatic rings. The van der Waals surface area contributed by atoms with Crippen LogP contribution in [0.1, 0.15) is 50.9 Å². The van der Waals surface area contributed by atoms with Crippen LogP contribution in [0, 0.1) is 22.3 Å². The highest BCUT2D eigenvalue weighted by Gasteiger charge is 2.33. The molecule has 1 aromatic carbocycles. The van der Waals surface area contributed by atoms with Gasteiger partial charge in [-0.3, -0.25) is 4.57 Å². The van der Waals surface area contributed by atoms with Gasteiger partial charge in [-0.25, -0.2) is 18.6 Å². The average molecular weight is 642 g/mol. The van der Waals surface area contributed by atoms with Crippen molar-refractivity contribution in [1.82, 2.24) is 14.5 Å². The number of ether oxygens (including phenoxy) is 2. The lowest BCUT2D eigenvalue weighted by Crippen LogP contribution is -2.43. The highest BCUT2D eigenvalue weighted by Crippen LogP contribution is 2.34. The Balaban J connectivity index is 2.54. The molecule has 0 saturated carbocycles. The first-order valence-corrected chi connectivity index (χ1v) is 16.7. The quantitative estimate of drug-likeness (QED) is 0.118. The minimum absolute atomic E-state index is 0.0815. The molecule has 0 spiro atoms. The summed E-state index contributed by atoms with van der Waals surface area (Å²) in [7, 11) is -1.29. The lowest BCUT2D eigenvalue weighted by molar-refractivity contribution is 0.0444. The molecule has 0 bridgehead atoms. The molecule has 6 nitrogen and oxygen atoms in total. The zero-order chi connectivity index (χ0) is 26.7. The van der Waals surface area contributed by atoms with Crippen molar-refractivity contribution in [1.29, 1.82) is 0 Å². The first-order chi connectivity index (χ1) is 16.2. The number of carbonyl (C=O) groups is 1. The lowest BCUT2D eigenvalue weighted by Gasteiger charge is -2.31. The molecule has 1 atom stereocenters. The van der Waals surface area contributed by atoms with Crippen LogP contribution in [-0.4, -0.2) is 47.3 Å². The van der Waals surface area contributed by atoms with Gasteiger partial charge in [0.2, 0.25) is 0 Å². The summed E-state index contributed by atoms with van der Waals surface area (Å²) in [6.07, 6.45) is -1.90. The van der Waals surface area contributed by atoms with Crippen LogP contribution in [0.25, 0.3) is 0 Å². The molecule has 2 rings (SSSR count). The van der Waals surface area contributed by atoms with Gasteiger partial charge >= 0.3 is 6.09 Å². The maximum Gasteiger partial charge on any atom is 0.411 e. The Hall–Kier alpha value is -1.24. The molecule has 11 heteroatoms. The van der Waals surface area contributed by atoms with Gasteiger partial charge in [-0.15, -0.1) is 0 Å². The number of aryl methyl sites for hydroxylation is 1. The van der Waals surface area contributed by atoms with E-state index in [1.54, 1.807) is 9.47 Å². The number of nitrogens with zero attached hydrogens (tertiary/aromatic N) is 3. The summed E-state index contributed by atoms with van der Waals surface area (Å²) in [6.45, 7) is 16.8. The van der Waals surface area contributed by atoms with Crippen LogP contribution in [-0.2, 0) is 16.2 Å². The van der Waals surface area contributed by atoms with Crippen molar-refractivity contribution in [2.24, 2.45) is 0 Å². The number of aromatic nitrogens is 2. The molecule has 0 radical (unpaired) electrons. The van der Waals surface area contributed by atoms with E-state index in [2.05, 4.69) is 47.2 Å². The summed E-state index contributed by atoms with van der Waals surface area (Å²) < 4.78 is 43.5. The second-order valence-corrected chi connectivity index (χ2v) is 17.3. The Kier molecular flexibility index (Phi) is 10.6. The van der Waals surface area contributed by atoms with Gasteiger partial charge in [-0.2, -0.15) is 0 Å². The molecular formula is C24H35ClF2IN3O3Si. The van der Waals surface area contributed by atoms with E-state index in [1.807, 2.05) is 34.6 Å². The standard InChI is InChI=1S/C24H35ClF2IN3O3Si/c1-14(2)31(15(3)4)24(32)34-21(17-9-10-18(26)19(25)20(17)27)23-29-16(5)22(28)30(23)13-33-11-12-35(6,7)8/h9-10,14-15,21H,11-13H2,1-8H3. The summed E-state index contributed by atoms with van der Waals surface area (Å²) in [4.78, 5) is 19.4. The van der Waals surface area contributed by atoms with Gasteiger partial charge in [0, 0.05) is 32.3 Å². The fourth-order valence-corrected chi connectivity index (χ4v) is 5.05. The predicted molar refractivity (Wildman–Crippen MR) is 146 cm³/mol. The van der Waals surface area contributed by atoms with Gasteiger partial charge in [0.05, 0.1) is 5.69 Å². The molecule has 0 aliphatic heterocycles. The van der Waals surface area contributed by atoms with Crippen LogP contribution in [0.15, 0.2) is 12.1 Å². The van der Waals surface area contributed by atoms with E-state index >= 15 is 4.39 Å². The second kappa shape index (κ2) is 12.3. The maximum atomic E-state index is 15.2. The van der Waals surface area contributed by atoms with Crippen molar-refractivity contribution in [2.45, 2.75) is 85.2 Å². The highest BCUT2D eigenvalue weighted by atomic mass is 127. The Morgan fingerprint density at radius 1 is 1.20 bits per heavy atom. The molecule has 0 saturated heterocycles. The topological polar surface area (TPSA) is 56.6 Å². The number of carbonyl (C=O) groups excluding carboxylic acids is 1. The zero-order valence-corrected chi connectivity index (χ0v) is 25.5. The van der Waals surface area contributed by atoms with Gasteiger partial charge in [0.15, 0.2) is 17.7 Å². The van der Waals surface area contributed by atoms with Gasteiger partial charge < -0.3 is 14.4 Å². The summed E-state index contributed by atoms with van der Waals surface area (Å²) >= 11 is 8.02. The van der Waals surface area contributed by atoms with Crippen LogP contribution in [0.4, 0.5) is 13.6 Å². The van der Waals surface area contributed by atoms with Gasteiger partial charge in [0.25, 0.3) is 0 Å². The molecule has 0 N–H and O–H groups in total. The average Bonchev–Trinajstić information content (AvgIpc) is 3.01. The molecule has 0 aliphatic carbocycles. The molecule has 35 heavy (non-hydrogen) atoms. The van der Waals surface area contributed by atoms with Crippen molar-refractivity contribution in [3.8, 4) is 0 Å². The van der Waals surface area contributed by atoms with Crippen molar-refractivity contribution in [3.05, 3.63) is 49.6 Å². The highest BCUT2D eigenvalue weighted by molar-refractivity contribution is 14.1. The molecule has 196 valence electrons. The summed E-state index contributed by atoms with van der Waals surface area (Å²) in [5.41, 5.74) is 0.593.